The standard InChI is InChI=1S/C20H18ClFN4O2/c1-9(2)11-6-7-24-14(10(3)4)16(11)26-19-12(8-13(22)18(21)25-19)17(27)15(23-5)20(26)28/h6-10,27H,1-4H3. The van der Waals surface area contributed by atoms with E-state index in [0.29, 0.717) is 11.4 Å². The first-order chi connectivity index (χ1) is 13.2. The van der Waals surface area contributed by atoms with E-state index < -0.39 is 28.0 Å². The fourth-order valence-electron chi connectivity index (χ4n) is 3.16. The van der Waals surface area contributed by atoms with Crippen molar-refractivity contribution in [2.75, 3.05) is 0 Å². The molecule has 0 amide bonds. The van der Waals surface area contributed by atoms with Gasteiger partial charge in [0.25, 0.3) is 11.2 Å². The van der Waals surface area contributed by atoms with Crippen LogP contribution in [0, 0.1) is 12.4 Å². The second kappa shape index (κ2) is 7.21. The van der Waals surface area contributed by atoms with Crippen LogP contribution >= 0.6 is 11.6 Å². The number of aromatic nitrogens is 3. The number of hydrogen-bond acceptors (Lipinski definition) is 4. The Bertz CT molecular complexity index is 1170. The van der Waals surface area contributed by atoms with Crippen molar-refractivity contribution in [1.82, 2.24) is 14.5 Å². The molecule has 3 heterocycles. The van der Waals surface area contributed by atoms with E-state index >= 15 is 0 Å². The lowest BCUT2D eigenvalue weighted by Crippen LogP contribution is -2.23. The van der Waals surface area contributed by atoms with Crippen molar-refractivity contribution in [3.05, 3.63) is 62.3 Å². The lowest BCUT2D eigenvalue weighted by Gasteiger charge is -2.22. The number of aromatic hydroxyl groups is 1. The average Bonchev–Trinajstić information content (AvgIpc) is 2.64. The summed E-state index contributed by atoms with van der Waals surface area (Å²) < 4.78 is 15.2. The van der Waals surface area contributed by atoms with Gasteiger partial charge in [0.15, 0.2) is 16.6 Å². The summed E-state index contributed by atoms with van der Waals surface area (Å²) in [7, 11) is 0. The SMILES string of the molecule is [C-]#[N+]c1c(O)c2cc(F)c(Cl)nc2n(-c2c(C(C)C)ccnc2C(C)C)c1=O. The Balaban J connectivity index is 2.65. The smallest absolute Gasteiger partial charge is 0.292 e. The van der Waals surface area contributed by atoms with E-state index in [2.05, 4.69) is 14.8 Å². The van der Waals surface area contributed by atoms with Gasteiger partial charge in [-0.15, -0.1) is 0 Å². The van der Waals surface area contributed by atoms with Gasteiger partial charge in [-0.2, -0.15) is 0 Å². The quantitative estimate of drug-likeness (QED) is 0.491. The molecule has 0 spiro atoms. The van der Waals surface area contributed by atoms with Crippen LogP contribution in [0.2, 0.25) is 5.15 Å². The maximum atomic E-state index is 14.0. The zero-order valence-corrected chi connectivity index (χ0v) is 16.5. The fourth-order valence-corrected chi connectivity index (χ4v) is 3.29. The molecule has 28 heavy (non-hydrogen) atoms. The Kier molecular flexibility index (Phi) is 5.09. The van der Waals surface area contributed by atoms with E-state index in [1.165, 1.54) is 4.57 Å². The molecule has 0 fully saturated rings. The molecule has 144 valence electrons. The predicted octanol–water partition coefficient (Wildman–Crippen LogP) is 5.08. The van der Waals surface area contributed by atoms with Gasteiger partial charge in [0.05, 0.1) is 23.3 Å². The van der Waals surface area contributed by atoms with E-state index in [0.717, 1.165) is 11.6 Å². The van der Waals surface area contributed by atoms with Gasteiger partial charge in [-0.25, -0.2) is 14.2 Å². The third kappa shape index (κ3) is 3.00. The minimum atomic E-state index is -0.857. The monoisotopic (exact) mass is 400 g/mol. The first kappa shape index (κ1) is 19.8. The Morgan fingerprint density at radius 2 is 1.96 bits per heavy atom. The molecule has 0 aliphatic carbocycles. The third-order valence-electron chi connectivity index (χ3n) is 4.50. The van der Waals surface area contributed by atoms with E-state index in [4.69, 9.17) is 18.2 Å². The first-order valence-corrected chi connectivity index (χ1v) is 9.07. The fraction of sp³-hybridized carbons (Fsp3) is 0.300. The summed E-state index contributed by atoms with van der Waals surface area (Å²) in [6.45, 7) is 15.1. The van der Waals surface area contributed by atoms with Crippen molar-refractivity contribution in [3.63, 3.8) is 0 Å². The summed E-state index contributed by atoms with van der Waals surface area (Å²) >= 11 is 5.87. The zero-order chi connectivity index (χ0) is 20.7. The minimum absolute atomic E-state index is 0.0264. The second-order valence-corrected chi connectivity index (χ2v) is 7.38. The van der Waals surface area contributed by atoms with Gasteiger partial charge in [-0.3, -0.25) is 14.3 Å². The van der Waals surface area contributed by atoms with Gasteiger partial charge < -0.3 is 5.11 Å². The average molecular weight is 401 g/mol. The Morgan fingerprint density at radius 3 is 2.54 bits per heavy atom. The van der Waals surface area contributed by atoms with Crippen LogP contribution in [0.15, 0.2) is 23.1 Å². The molecule has 3 rings (SSSR count). The molecule has 3 aromatic rings. The number of rotatable bonds is 3. The minimum Gasteiger partial charge on any atom is -0.518 e. The van der Waals surface area contributed by atoms with E-state index in [1.807, 2.05) is 27.7 Å². The topological polar surface area (TPSA) is 72.4 Å². The van der Waals surface area contributed by atoms with Crippen LogP contribution in [0.5, 0.6) is 5.75 Å². The predicted molar refractivity (Wildman–Crippen MR) is 106 cm³/mol. The highest BCUT2D eigenvalue weighted by Gasteiger charge is 2.25. The van der Waals surface area contributed by atoms with Crippen molar-refractivity contribution >= 4 is 28.3 Å². The molecule has 0 aromatic carbocycles. The van der Waals surface area contributed by atoms with Crippen molar-refractivity contribution < 1.29 is 9.50 Å². The molecule has 1 N–H and O–H groups in total. The highest BCUT2D eigenvalue weighted by molar-refractivity contribution is 6.30. The summed E-state index contributed by atoms with van der Waals surface area (Å²) in [6, 6.07) is 2.77. The molecule has 0 bridgehead atoms. The van der Waals surface area contributed by atoms with Crippen LogP contribution in [0.25, 0.3) is 21.6 Å². The maximum Gasteiger partial charge on any atom is 0.292 e. The molecule has 0 aliphatic heterocycles. The number of halogens is 2. The molecule has 0 unspecified atom stereocenters. The molecule has 0 saturated carbocycles. The highest BCUT2D eigenvalue weighted by atomic mass is 35.5. The van der Waals surface area contributed by atoms with Gasteiger partial charge in [0.1, 0.15) is 5.75 Å². The second-order valence-electron chi connectivity index (χ2n) is 7.03. The summed E-state index contributed by atoms with van der Waals surface area (Å²) in [5.74, 6) is -1.49. The van der Waals surface area contributed by atoms with Crippen molar-refractivity contribution in [3.8, 4) is 11.4 Å². The van der Waals surface area contributed by atoms with E-state index in [9.17, 15) is 14.3 Å². The van der Waals surface area contributed by atoms with Crippen molar-refractivity contribution in [2.45, 2.75) is 39.5 Å². The normalized spacial score (nSPS) is 11.4. The molecular weight excluding hydrogens is 383 g/mol. The van der Waals surface area contributed by atoms with Gasteiger partial charge in [0, 0.05) is 6.20 Å². The molecule has 0 radical (unpaired) electrons. The molecule has 0 saturated heterocycles. The van der Waals surface area contributed by atoms with Gasteiger partial charge in [0.2, 0.25) is 0 Å². The third-order valence-corrected chi connectivity index (χ3v) is 4.76. The van der Waals surface area contributed by atoms with Crippen molar-refractivity contribution in [1.29, 1.82) is 0 Å². The van der Waals surface area contributed by atoms with Crippen LogP contribution in [-0.4, -0.2) is 19.6 Å². The van der Waals surface area contributed by atoms with Crippen LogP contribution in [0.4, 0.5) is 10.1 Å². The zero-order valence-electron chi connectivity index (χ0n) is 15.8. The Morgan fingerprint density at radius 1 is 1.29 bits per heavy atom. The van der Waals surface area contributed by atoms with Gasteiger partial charge in [-0.1, -0.05) is 39.3 Å². The summed E-state index contributed by atoms with van der Waals surface area (Å²) in [5, 5.41) is 9.88. The van der Waals surface area contributed by atoms with Crippen LogP contribution in [-0.2, 0) is 0 Å². The molecule has 6 nitrogen and oxygen atoms in total. The molecule has 0 aliphatic rings. The Labute approximate surface area is 166 Å². The van der Waals surface area contributed by atoms with E-state index in [-0.39, 0.29) is 22.9 Å². The molecule has 8 heteroatoms. The number of fused-ring (bicyclic) bond motifs is 1. The first-order valence-electron chi connectivity index (χ1n) is 8.69. The maximum absolute atomic E-state index is 14.0. The Hall–Kier alpha value is -2.98. The van der Waals surface area contributed by atoms with E-state index in [1.54, 1.807) is 12.3 Å². The van der Waals surface area contributed by atoms with Gasteiger partial charge in [-0.05, 0) is 29.5 Å². The molecular formula is C20H18ClFN4O2. The van der Waals surface area contributed by atoms with Crippen LogP contribution < -0.4 is 5.56 Å². The molecule has 3 aromatic heterocycles. The largest absolute Gasteiger partial charge is 0.518 e. The van der Waals surface area contributed by atoms with Crippen LogP contribution in [0.3, 0.4) is 0 Å². The summed E-state index contributed by atoms with van der Waals surface area (Å²) in [4.78, 5) is 24.8. The van der Waals surface area contributed by atoms with Crippen molar-refractivity contribution in [2.24, 2.45) is 0 Å². The number of pyridine rings is 3. The van der Waals surface area contributed by atoms with Crippen LogP contribution in [0.1, 0.15) is 50.8 Å². The lowest BCUT2D eigenvalue weighted by molar-refractivity contribution is 0.482. The number of hydrogen-bond donors (Lipinski definition) is 1. The summed E-state index contributed by atoms with van der Waals surface area (Å²) in [6.07, 6.45) is 1.66. The lowest BCUT2D eigenvalue weighted by atomic mass is 9.96. The van der Waals surface area contributed by atoms with Gasteiger partial charge >= 0.3 is 0 Å². The number of nitrogens with zero attached hydrogens (tertiary/aromatic N) is 4. The summed E-state index contributed by atoms with van der Waals surface area (Å²) in [5.41, 5.74) is 0.612. The highest BCUT2D eigenvalue weighted by Crippen LogP contribution is 2.36. The molecule has 0 atom stereocenters.